The number of halogens is 1. The van der Waals surface area contributed by atoms with Crippen molar-refractivity contribution in [2.75, 3.05) is 6.61 Å². The Bertz CT molecular complexity index is 1110. The van der Waals surface area contributed by atoms with Crippen molar-refractivity contribution in [3.63, 3.8) is 0 Å². The van der Waals surface area contributed by atoms with Crippen LogP contribution in [-0.4, -0.2) is 31.4 Å². The molecule has 0 bridgehead atoms. The standard InChI is InChI=1S/C23H26BFO4.C3H6O2/c1-6-16-9-7-8-10-19(16)26-14-15-11-17-13-20(25)27-21(17)18(12-15)24-28-22(2,3)23(4,5)29-24;1-2-5-3-4/h7-13H,6,14H2,1-5H3;3H,2H2,1H3. The zero-order chi connectivity index (χ0) is 24.9. The highest BCUT2D eigenvalue weighted by Gasteiger charge is 2.52. The smallest absolute Gasteiger partial charge is 0.489 e. The van der Waals surface area contributed by atoms with Gasteiger partial charge in [0, 0.05) is 16.9 Å². The number of benzene rings is 2. The van der Waals surface area contributed by atoms with Gasteiger partial charge >= 0.3 is 7.12 Å². The number of carbonyl (C=O) groups is 1. The monoisotopic (exact) mass is 470 g/mol. The van der Waals surface area contributed by atoms with Gasteiger partial charge in [0.05, 0.1) is 17.8 Å². The van der Waals surface area contributed by atoms with E-state index in [0.29, 0.717) is 36.1 Å². The zero-order valence-corrected chi connectivity index (χ0v) is 20.6. The lowest BCUT2D eigenvalue weighted by Gasteiger charge is -2.32. The minimum Gasteiger partial charge on any atom is -0.489 e. The number of para-hydroxylation sites is 1. The molecule has 0 unspecified atom stereocenters. The number of aryl methyl sites for hydroxylation is 1. The first kappa shape index (κ1) is 25.8. The van der Waals surface area contributed by atoms with E-state index in [1.165, 1.54) is 6.07 Å². The maximum atomic E-state index is 13.9. The van der Waals surface area contributed by atoms with E-state index in [-0.39, 0.29) is 0 Å². The maximum Gasteiger partial charge on any atom is 0.498 e. The number of furan rings is 1. The van der Waals surface area contributed by atoms with E-state index in [1.54, 1.807) is 6.92 Å². The summed E-state index contributed by atoms with van der Waals surface area (Å²) >= 11 is 0. The van der Waals surface area contributed by atoms with Gasteiger partial charge in [-0.2, -0.15) is 4.39 Å². The molecule has 0 N–H and O–H groups in total. The molecule has 1 aliphatic rings. The molecule has 2 aromatic carbocycles. The summed E-state index contributed by atoms with van der Waals surface area (Å²) in [5.41, 5.74) is 2.16. The Morgan fingerprint density at radius 2 is 1.71 bits per heavy atom. The molecule has 1 aromatic heterocycles. The SMILES string of the molecule is CCOC=O.CCc1ccccc1OCc1cc(B2OC(C)(C)C(C)(C)O2)c2oc(F)cc2c1. The van der Waals surface area contributed by atoms with Crippen LogP contribution in [0.3, 0.4) is 0 Å². The van der Waals surface area contributed by atoms with Crippen LogP contribution in [0.15, 0.2) is 46.9 Å². The van der Waals surface area contributed by atoms with E-state index in [2.05, 4.69) is 17.7 Å². The third-order valence-electron chi connectivity index (χ3n) is 6.16. The molecule has 1 saturated heterocycles. The molecule has 6 nitrogen and oxygen atoms in total. The molecule has 34 heavy (non-hydrogen) atoms. The number of ether oxygens (including phenoxy) is 2. The Balaban J connectivity index is 0.000000588. The molecule has 2 heterocycles. The number of carbonyl (C=O) groups excluding carboxylic acids is 1. The first-order valence-corrected chi connectivity index (χ1v) is 11.4. The molecule has 0 atom stereocenters. The van der Waals surface area contributed by atoms with Gasteiger partial charge in [-0.3, -0.25) is 4.79 Å². The van der Waals surface area contributed by atoms with E-state index < -0.39 is 24.3 Å². The van der Waals surface area contributed by atoms with Gasteiger partial charge in [0.2, 0.25) is 0 Å². The number of hydrogen-bond acceptors (Lipinski definition) is 6. The summed E-state index contributed by atoms with van der Waals surface area (Å²) < 4.78 is 41.8. The van der Waals surface area contributed by atoms with Gasteiger partial charge in [-0.1, -0.05) is 31.2 Å². The lowest BCUT2D eigenvalue weighted by Crippen LogP contribution is -2.41. The van der Waals surface area contributed by atoms with E-state index in [9.17, 15) is 9.18 Å². The van der Waals surface area contributed by atoms with Gasteiger partial charge in [-0.05, 0) is 64.3 Å². The molecule has 0 spiro atoms. The molecule has 4 rings (SSSR count). The molecule has 0 amide bonds. The van der Waals surface area contributed by atoms with Gasteiger partial charge < -0.3 is 23.2 Å². The van der Waals surface area contributed by atoms with E-state index >= 15 is 0 Å². The Hall–Kier alpha value is -2.84. The summed E-state index contributed by atoms with van der Waals surface area (Å²) in [6.45, 7) is 13.1. The van der Waals surface area contributed by atoms with Crippen LogP contribution in [0.5, 0.6) is 5.75 Å². The second-order valence-corrected chi connectivity index (χ2v) is 9.04. The fraction of sp³-hybridized carbons (Fsp3) is 0.423. The van der Waals surface area contributed by atoms with Crippen molar-refractivity contribution in [2.45, 2.75) is 65.8 Å². The second-order valence-electron chi connectivity index (χ2n) is 9.04. The molecule has 3 aromatic rings. The van der Waals surface area contributed by atoms with Crippen molar-refractivity contribution < 1.29 is 32.4 Å². The van der Waals surface area contributed by atoms with Crippen molar-refractivity contribution in [3.05, 3.63) is 59.6 Å². The van der Waals surface area contributed by atoms with Crippen LogP contribution < -0.4 is 10.2 Å². The first-order valence-electron chi connectivity index (χ1n) is 11.4. The van der Waals surface area contributed by atoms with Crippen LogP contribution in [0, 0.1) is 6.01 Å². The Morgan fingerprint density at radius 3 is 2.29 bits per heavy atom. The van der Waals surface area contributed by atoms with Crippen LogP contribution in [0.2, 0.25) is 0 Å². The zero-order valence-electron chi connectivity index (χ0n) is 20.6. The molecule has 0 aliphatic carbocycles. The van der Waals surface area contributed by atoms with Crippen molar-refractivity contribution in [2.24, 2.45) is 0 Å². The molecular weight excluding hydrogens is 438 g/mol. The third kappa shape index (κ3) is 5.62. The van der Waals surface area contributed by atoms with E-state index in [0.717, 1.165) is 23.3 Å². The fourth-order valence-corrected chi connectivity index (χ4v) is 3.61. The summed E-state index contributed by atoms with van der Waals surface area (Å²) in [5.74, 6) is 0.852. The van der Waals surface area contributed by atoms with Gasteiger partial charge in [0.1, 0.15) is 17.9 Å². The minimum atomic E-state index is -0.643. The highest BCUT2D eigenvalue weighted by Crippen LogP contribution is 2.37. The first-order chi connectivity index (χ1) is 16.1. The summed E-state index contributed by atoms with van der Waals surface area (Å²) in [6, 6.07) is 12.5. The second kappa shape index (κ2) is 10.6. The summed E-state index contributed by atoms with van der Waals surface area (Å²) in [4.78, 5) is 9.18. The number of rotatable bonds is 7. The van der Waals surface area contributed by atoms with Crippen molar-refractivity contribution in [3.8, 4) is 5.75 Å². The molecule has 1 aliphatic heterocycles. The Labute approximate surface area is 200 Å². The van der Waals surface area contributed by atoms with Crippen molar-refractivity contribution in [1.29, 1.82) is 0 Å². The number of fused-ring (bicyclic) bond motifs is 1. The van der Waals surface area contributed by atoms with Gasteiger partial charge in [-0.15, -0.1) is 0 Å². The molecule has 182 valence electrons. The maximum absolute atomic E-state index is 13.9. The van der Waals surface area contributed by atoms with E-state index in [4.69, 9.17) is 18.5 Å². The summed E-state index contributed by atoms with van der Waals surface area (Å²) in [6.07, 6.45) is 0.890. The van der Waals surface area contributed by atoms with Crippen molar-refractivity contribution >= 4 is 30.0 Å². The van der Waals surface area contributed by atoms with Crippen LogP contribution in [0.1, 0.15) is 52.7 Å². The predicted octanol–water partition coefficient (Wildman–Crippen LogP) is 5.19. The van der Waals surface area contributed by atoms with Crippen molar-refractivity contribution in [1.82, 2.24) is 0 Å². The predicted molar refractivity (Wildman–Crippen MR) is 130 cm³/mol. The lowest BCUT2D eigenvalue weighted by molar-refractivity contribution is -0.128. The van der Waals surface area contributed by atoms with E-state index in [1.807, 2.05) is 58.0 Å². The lowest BCUT2D eigenvalue weighted by atomic mass is 9.77. The van der Waals surface area contributed by atoms with Gasteiger partial charge in [-0.25, -0.2) is 0 Å². The normalized spacial score (nSPS) is 16.1. The summed E-state index contributed by atoms with van der Waals surface area (Å²) in [7, 11) is -0.643. The quantitative estimate of drug-likeness (QED) is 0.350. The summed E-state index contributed by atoms with van der Waals surface area (Å²) in [5, 5.41) is 0.664. The minimum absolute atomic E-state index is 0.353. The molecule has 1 fully saturated rings. The Morgan fingerprint density at radius 1 is 1.03 bits per heavy atom. The van der Waals surface area contributed by atoms with Crippen LogP contribution in [0.25, 0.3) is 11.0 Å². The molecular formula is C26H32BFO6. The largest absolute Gasteiger partial charge is 0.498 e. The molecule has 8 heteroatoms. The van der Waals surface area contributed by atoms with Gasteiger partial charge in [0.15, 0.2) is 0 Å². The van der Waals surface area contributed by atoms with Gasteiger partial charge in [0.25, 0.3) is 12.5 Å². The van der Waals surface area contributed by atoms with Crippen LogP contribution >= 0.6 is 0 Å². The number of hydrogen-bond donors (Lipinski definition) is 0. The Kier molecular flexibility index (Phi) is 8.05. The average Bonchev–Trinajstić information content (AvgIpc) is 3.27. The van der Waals surface area contributed by atoms with Crippen LogP contribution in [0.4, 0.5) is 4.39 Å². The molecule has 0 radical (unpaired) electrons. The fourth-order valence-electron chi connectivity index (χ4n) is 3.61. The topological polar surface area (TPSA) is 67.1 Å². The third-order valence-corrected chi connectivity index (χ3v) is 6.16. The highest BCUT2D eigenvalue weighted by molar-refractivity contribution is 6.64. The molecule has 0 saturated carbocycles. The highest BCUT2D eigenvalue weighted by atomic mass is 19.1. The van der Waals surface area contributed by atoms with Crippen LogP contribution in [-0.2, 0) is 31.9 Å². The average molecular weight is 470 g/mol.